The molecule has 84 valence electrons. The summed E-state index contributed by atoms with van der Waals surface area (Å²) < 4.78 is 1.30. The predicted octanol–water partition coefficient (Wildman–Crippen LogP) is 1.63. The van der Waals surface area contributed by atoms with Crippen LogP contribution in [-0.4, -0.2) is 9.55 Å². The molecule has 2 aromatic rings. The van der Waals surface area contributed by atoms with Gasteiger partial charge < -0.3 is 4.57 Å². The number of benzene rings is 1. The zero-order chi connectivity index (χ0) is 12.4. The molecule has 4 nitrogen and oxygen atoms in total. The van der Waals surface area contributed by atoms with Gasteiger partial charge in [0.05, 0.1) is 11.3 Å². The first-order valence-electron chi connectivity index (χ1n) is 5.16. The highest BCUT2D eigenvalue weighted by atomic mass is 16.1. The van der Waals surface area contributed by atoms with Crippen LogP contribution in [0.5, 0.6) is 0 Å². The normalized spacial score (nSPS) is 9.94. The quantitative estimate of drug-likeness (QED) is 0.741. The molecule has 0 aliphatic heterocycles. The molecular formula is C13H11N3O. The SMILES string of the molecule is Cc1cccc(-c2nc(=O)n(C)cc2C#N)c1. The molecule has 17 heavy (non-hydrogen) atoms. The maximum absolute atomic E-state index is 11.5. The van der Waals surface area contributed by atoms with Crippen LogP contribution >= 0.6 is 0 Å². The standard InChI is InChI=1S/C13H11N3O/c1-9-4-3-5-10(6-9)12-11(7-14)8-16(2)13(17)15-12/h3-6,8H,1-2H3. The molecule has 0 N–H and O–H groups in total. The van der Waals surface area contributed by atoms with Gasteiger partial charge >= 0.3 is 5.69 Å². The summed E-state index contributed by atoms with van der Waals surface area (Å²) in [6.45, 7) is 1.95. The van der Waals surface area contributed by atoms with E-state index in [0.717, 1.165) is 11.1 Å². The first-order valence-corrected chi connectivity index (χ1v) is 5.16. The van der Waals surface area contributed by atoms with Gasteiger partial charge in [-0.1, -0.05) is 23.8 Å². The Labute approximate surface area is 98.8 Å². The average molecular weight is 225 g/mol. The number of aromatic nitrogens is 2. The molecule has 0 bridgehead atoms. The van der Waals surface area contributed by atoms with Crippen LogP contribution in [-0.2, 0) is 7.05 Å². The Morgan fingerprint density at radius 2 is 2.18 bits per heavy atom. The highest BCUT2D eigenvalue weighted by Gasteiger charge is 2.09. The van der Waals surface area contributed by atoms with Crippen molar-refractivity contribution < 1.29 is 0 Å². The smallest absolute Gasteiger partial charge is 0.301 e. The molecule has 2 rings (SSSR count). The summed E-state index contributed by atoms with van der Waals surface area (Å²) in [4.78, 5) is 15.4. The number of hydrogen-bond acceptors (Lipinski definition) is 3. The fourth-order valence-corrected chi connectivity index (χ4v) is 1.64. The highest BCUT2D eigenvalue weighted by molar-refractivity contribution is 5.66. The minimum atomic E-state index is -0.361. The molecule has 1 aromatic carbocycles. The van der Waals surface area contributed by atoms with Crippen LogP contribution in [0.4, 0.5) is 0 Å². The van der Waals surface area contributed by atoms with Crippen LogP contribution in [0, 0.1) is 18.3 Å². The Morgan fingerprint density at radius 1 is 1.41 bits per heavy atom. The zero-order valence-corrected chi connectivity index (χ0v) is 9.64. The predicted molar refractivity (Wildman–Crippen MR) is 64.4 cm³/mol. The number of hydrogen-bond donors (Lipinski definition) is 0. The summed E-state index contributed by atoms with van der Waals surface area (Å²) in [6.07, 6.45) is 1.51. The number of rotatable bonds is 1. The molecule has 0 atom stereocenters. The van der Waals surface area contributed by atoms with Gasteiger partial charge in [-0.25, -0.2) is 4.79 Å². The largest absolute Gasteiger partial charge is 0.347 e. The van der Waals surface area contributed by atoms with Crippen LogP contribution in [0.25, 0.3) is 11.3 Å². The Balaban J connectivity index is 2.72. The molecule has 0 amide bonds. The van der Waals surface area contributed by atoms with E-state index in [-0.39, 0.29) is 5.69 Å². The molecule has 0 aliphatic carbocycles. The molecule has 0 unspecified atom stereocenters. The molecule has 1 aromatic heterocycles. The summed E-state index contributed by atoms with van der Waals surface area (Å²) in [6, 6.07) is 9.64. The number of nitrogens with zero attached hydrogens (tertiary/aromatic N) is 3. The third kappa shape index (κ3) is 2.08. The molecule has 0 fully saturated rings. The van der Waals surface area contributed by atoms with Crippen LogP contribution in [0.1, 0.15) is 11.1 Å². The van der Waals surface area contributed by atoms with E-state index in [9.17, 15) is 4.79 Å². The van der Waals surface area contributed by atoms with Crippen molar-refractivity contribution in [2.75, 3.05) is 0 Å². The van der Waals surface area contributed by atoms with Gasteiger partial charge in [0.2, 0.25) is 0 Å². The van der Waals surface area contributed by atoms with Crippen molar-refractivity contribution in [3.8, 4) is 17.3 Å². The molecule has 0 saturated heterocycles. The van der Waals surface area contributed by atoms with Crippen LogP contribution < -0.4 is 5.69 Å². The van der Waals surface area contributed by atoms with E-state index in [4.69, 9.17) is 5.26 Å². The van der Waals surface area contributed by atoms with E-state index in [1.54, 1.807) is 7.05 Å². The van der Waals surface area contributed by atoms with E-state index in [0.29, 0.717) is 11.3 Å². The lowest BCUT2D eigenvalue weighted by molar-refractivity contribution is 0.809. The molecule has 4 heteroatoms. The summed E-state index contributed by atoms with van der Waals surface area (Å²) in [5.41, 5.74) is 2.34. The van der Waals surface area contributed by atoms with E-state index in [1.165, 1.54) is 10.8 Å². The van der Waals surface area contributed by atoms with Crippen molar-refractivity contribution in [3.05, 3.63) is 52.1 Å². The Morgan fingerprint density at radius 3 is 2.82 bits per heavy atom. The fourth-order valence-electron chi connectivity index (χ4n) is 1.64. The second-order valence-corrected chi connectivity index (χ2v) is 3.88. The molecule has 0 saturated carbocycles. The number of nitriles is 1. The molecule has 0 spiro atoms. The Kier molecular flexibility index (Phi) is 2.75. The lowest BCUT2D eigenvalue weighted by atomic mass is 10.1. The summed E-state index contributed by atoms with van der Waals surface area (Å²) >= 11 is 0. The second-order valence-electron chi connectivity index (χ2n) is 3.88. The fraction of sp³-hybridized carbons (Fsp3) is 0.154. The maximum Gasteiger partial charge on any atom is 0.347 e. The average Bonchev–Trinajstić information content (AvgIpc) is 2.32. The van der Waals surface area contributed by atoms with Gasteiger partial charge in [0.25, 0.3) is 0 Å². The summed E-state index contributed by atoms with van der Waals surface area (Å²) in [5.74, 6) is 0. The van der Waals surface area contributed by atoms with Crippen LogP contribution in [0.15, 0.2) is 35.3 Å². The summed E-state index contributed by atoms with van der Waals surface area (Å²) in [5, 5.41) is 9.06. The van der Waals surface area contributed by atoms with Crippen molar-refractivity contribution >= 4 is 0 Å². The van der Waals surface area contributed by atoms with Gasteiger partial charge in [0.15, 0.2) is 0 Å². The van der Waals surface area contributed by atoms with Crippen molar-refractivity contribution in [1.82, 2.24) is 9.55 Å². The van der Waals surface area contributed by atoms with Crippen molar-refractivity contribution in [1.29, 1.82) is 5.26 Å². The second kappa shape index (κ2) is 4.22. The van der Waals surface area contributed by atoms with Gasteiger partial charge in [-0.15, -0.1) is 0 Å². The minimum Gasteiger partial charge on any atom is -0.301 e. The van der Waals surface area contributed by atoms with E-state index < -0.39 is 0 Å². The van der Waals surface area contributed by atoms with Gasteiger partial charge in [-0.3, -0.25) is 0 Å². The third-order valence-corrected chi connectivity index (χ3v) is 2.50. The van der Waals surface area contributed by atoms with Crippen molar-refractivity contribution in [2.45, 2.75) is 6.92 Å². The zero-order valence-electron chi connectivity index (χ0n) is 9.64. The van der Waals surface area contributed by atoms with E-state index in [1.807, 2.05) is 31.2 Å². The van der Waals surface area contributed by atoms with Crippen molar-refractivity contribution in [2.24, 2.45) is 7.05 Å². The molecule has 1 heterocycles. The van der Waals surface area contributed by atoms with E-state index in [2.05, 4.69) is 11.1 Å². The maximum atomic E-state index is 11.5. The lowest BCUT2D eigenvalue weighted by Crippen LogP contribution is -2.20. The van der Waals surface area contributed by atoms with Crippen LogP contribution in [0.2, 0.25) is 0 Å². The monoisotopic (exact) mass is 225 g/mol. The third-order valence-electron chi connectivity index (χ3n) is 2.50. The first-order chi connectivity index (χ1) is 8.11. The van der Waals surface area contributed by atoms with Gasteiger partial charge in [-0.2, -0.15) is 10.2 Å². The first kappa shape index (κ1) is 11.1. The van der Waals surface area contributed by atoms with Gasteiger partial charge in [0.1, 0.15) is 6.07 Å². The molecule has 0 aliphatic rings. The highest BCUT2D eigenvalue weighted by Crippen LogP contribution is 2.20. The summed E-state index contributed by atoms with van der Waals surface area (Å²) in [7, 11) is 1.58. The Hall–Kier alpha value is -2.41. The number of aryl methyl sites for hydroxylation is 2. The molecular weight excluding hydrogens is 214 g/mol. The topological polar surface area (TPSA) is 58.7 Å². The van der Waals surface area contributed by atoms with E-state index >= 15 is 0 Å². The Bertz CT molecular complexity index is 665. The van der Waals surface area contributed by atoms with Gasteiger partial charge in [0, 0.05) is 18.8 Å². The van der Waals surface area contributed by atoms with Crippen LogP contribution in [0.3, 0.4) is 0 Å². The molecule has 0 radical (unpaired) electrons. The van der Waals surface area contributed by atoms with Crippen molar-refractivity contribution in [3.63, 3.8) is 0 Å². The van der Waals surface area contributed by atoms with Gasteiger partial charge in [-0.05, 0) is 13.0 Å². The minimum absolute atomic E-state index is 0.361. The lowest BCUT2D eigenvalue weighted by Gasteiger charge is -2.05.